The van der Waals surface area contributed by atoms with Crippen molar-refractivity contribution in [2.24, 2.45) is 0 Å². The molecule has 0 aliphatic carbocycles. The Balaban J connectivity index is 1.59. The SMILES string of the molecule is Cc1ccc(SC2CC(N3C(=O)c4ccccc4C3=O)C(=O)NC2=O)cc1. The third-order valence-corrected chi connectivity index (χ3v) is 5.95. The largest absolute Gasteiger partial charge is 0.294 e. The molecule has 0 saturated carbocycles. The zero-order valence-electron chi connectivity index (χ0n) is 14.5. The molecule has 2 heterocycles. The van der Waals surface area contributed by atoms with Gasteiger partial charge in [-0.25, -0.2) is 0 Å². The van der Waals surface area contributed by atoms with Gasteiger partial charge in [0.1, 0.15) is 6.04 Å². The van der Waals surface area contributed by atoms with Crippen LogP contribution >= 0.6 is 11.8 Å². The van der Waals surface area contributed by atoms with Crippen molar-refractivity contribution in [1.82, 2.24) is 10.2 Å². The van der Waals surface area contributed by atoms with Crippen molar-refractivity contribution < 1.29 is 19.2 Å². The molecule has 2 aliphatic rings. The second-order valence-corrected chi connectivity index (χ2v) is 7.83. The van der Waals surface area contributed by atoms with Crippen LogP contribution in [0.4, 0.5) is 0 Å². The molecule has 0 radical (unpaired) electrons. The van der Waals surface area contributed by atoms with E-state index < -0.39 is 34.9 Å². The van der Waals surface area contributed by atoms with Crippen LogP contribution in [0.1, 0.15) is 32.7 Å². The zero-order valence-corrected chi connectivity index (χ0v) is 15.3. The monoisotopic (exact) mass is 380 g/mol. The first-order chi connectivity index (χ1) is 13.0. The molecule has 2 aromatic carbocycles. The van der Waals surface area contributed by atoms with Gasteiger partial charge < -0.3 is 0 Å². The maximum atomic E-state index is 12.7. The van der Waals surface area contributed by atoms with E-state index in [4.69, 9.17) is 0 Å². The van der Waals surface area contributed by atoms with Gasteiger partial charge in [0.05, 0.1) is 16.4 Å². The quantitative estimate of drug-likeness (QED) is 0.825. The zero-order chi connectivity index (χ0) is 19.1. The fraction of sp³-hybridized carbons (Fsp3) is 0.200. The Labute approximate surface area is 159 Å². The van der Waals surface area contributed by atoms with E-state index in [0.29, 0.717) is 0 Å². The molecular weight excluding hydrogens is 364 g/mol. The summed E-state index contributed by atoms with van der Waals surface area (Å²) in [5.74, 6) is -2.01. The highest BCUT2D eigenvalue weighted by Crippen LogP contribution is 2.33. The molecular formula is C20H16N2O4S. The first-order valence-electron chi connectivity index (χ1n) is 8.50. The Morgan fingerprint density at radius 2 is 1.48 bits per heavy atom. The van der Waals surface area contributed by atoms with Crippen molar-refractivity contribution in [1.29, 1.82) is 0 Å². The molecule has 1 fully saturated rings. The number of nitrogens with one attached hydrogen (secondary N) is 1. The highest BCUT2D eigenvalue weighted by molar-refractivity contribution is 8.00. The number of thioether (sulfide) groups is 1. The molecule has 7 heteroatoms. The van der Waals surface area contributed by atoms with E-state index in [1.54, 1.807) is 24.3 Å². The van der Waals surface area contributed by atoms with Gasteiger partial charge in [-0.1, -0.05) is 29.8 Å². The van der Waals surface area contributed by atoms with Crippen LogP contribution in [0.5, 0.6) is 0 Å². The molecule has 4 amide bonds. The number of carbonyl (C=O) groups is 4. The van der Waals surface area contributed by atoms with Crippen LogP contribution in [0.2, 0.25) is 0 Å². The normalized spacial score (nSPS) is 22.0. The number of rotatable bonds is 3. The van der Waals surface area contributed by atoms with Crippen LogP contribution < -0.4 is 5.32 Å². The molecule has 2 unspecified atom stereocenters. The first-order valence-corrected chi connectivity index (χ1v) is 9.38. The molecule has 2 aromatic rings. The topological polar surface area (TPSA) is 83.6 Å². The van der Waals surface area contributed by atoms with Crippen molar-refractivity contribution in [2.45, 2.75) is 29.5 Å². The van der Waals surface area contributed by atoms with Gasteiger partial charge in [0.2, 0.25) is 11.8 Å². The van der Waals surface area contributed by atoms with Gasteiger partial charge in [-0.15, -0.1) is 11.8 Å². The predicted molar refractivity (Wildman–Crippen MR) is 99.3 cm³/mol. The summed E-state index contributed by atoms with van der Waals surface area (Å²) >= 11 is 1.32. The molecule has 4 rings (SSSR count). The number of piperidine rings is 1. The number of aryl methyl sites for hydroxylation is 1. The van der Waals surface area contributed by atoms with Gasteiger partial charge in [0.15, 0.2) is 0 Å². The molecule has 136 valence electrons. The third kappa shape index (κ3) is 3.04. The minimum Gasteiger partial charge on any atom is -0.294 e. The molecule has 1 saturated heterocycles. The summed E-state index contributed by atoms with van der Waals surface area (Å²) in [5, 5.41) is 1.74. The number of nitrogens with zero attached hydrogens (tertiary/aromatic N) is 1. The van der Waals surface area contributed by atoms with Crippen molar-refractivity contribution in [3.8, 4) is 0 Å². The van der Waals surface area contributed by atoms with E-state index in [-0.39, 0.29) is 17.5 Å². The van der Waals surface area contributed by atoms with E-state index in [2.05, 4.69) is 5.32 Å². The Bertz CT molecular complexity index is 935. The Morgan fingerprint density at radius 1 is 0.889 bits per heavy atom. The Morgan fingerprint density at radius 3 is 2.07 bits per heavy atom. The minimum atomic E-state index is -1.00. The summed E-state index contributed by atoms with van der Waals surface area (Å²) in [6.45, 7) is 1.97. The smallest absolute Gasteiger partial charge is 0.262 e. The lowest BCUT2D eigenvalue weighted by Crippen LogP contribution is -2.58. The lowest BCUT2D eigenvalue weighted by molar-refractivity contribution is -0.135. The van der Waals surface area contributed by atoms with Crippen LogP contribution in [-0.2, 0) is 9.59 Å². The second kappa shape index (κ2) is 6.66. The van der Waals surface area contributed by atoms with Crippen LogP contribution in [0.3, 0.4) is 0 Å². The van der Waals surface area contributed by atoms with Crippen LogP contribution in [0, 0.1) is 6.92 Å². The van der Waals surface area contributed by atoms with Crippen molar-refractivity contribution in [2.75, 3.05) is 0 Å². The molecule has 27 heavy (non-hydrogen) atoms. The highest BCUT2D eigenvalue weighted by Gasteiger charge is 2.47. The van der Waals surface area contributed by atoms with Crippen molar-refractivity contribution in [3.63, 3.8) is 0 Å². The number of hydrogen-bond acceptors (Lipinski definition) is 5. The highest BCUT2D eigenvalue weighted by atomic mass is 32.2. The van der Waals surface area contributed by atoms with Gasteiger partial charge in [-0.2, -0.15) is 0 Å². The molecule has 1 N–H and O–H groups in total. The second-order valence-electron chi connectivity index (χ2n) is 6.55. The van der Waals surface area contributed by atoms with Gasteiger partial charge >= 0.3 is 0 Å². The van der Waals surface area contributed by atoms with Crippen molar-refractivity contribution >= 4 is 35.4 Å². The number of benzene rings is 2. The molecule has 0 aromatic heterocycles. The number of amides is 4. The van der Waals surface area contributed by atoms with Crippen LogP contribution in [-0.4, -0.2) is 39.8 Å². The van der Waals surface area contributed by atoms with Gasteiger partial charge in [0, 0.05) is 4.90 Å². The van der Waals surface area contributed by atoms with Gasteiger partial charge in [-0.05, 0) is 37.6 Å². The lowest BCUT2D eigenvalue weighted by atomic mass is 10.0. The van der Waals surface area contributed by atoms with E-state index in [1.807, 2.05) is 31.2 Å². The van der Waals surface area contributed by atoms with Crippen LogP contribution in [0.15, 0.2) is 53.4 Å². The van der Waals surface area contributed by atoms with Gasteiger partial charge in [0.25, 0.3) is 11.8 Å². The maximum absolute atomic E-state index is 12.7. The molecule has 2 aliphatic heterocycles. The predicted octanol–water partition coefficient (Wildman–Crippen LogP) is 2.17. The van der Waals surface area contributed by atoms with Crippen LogP contribution in [0.25, 0.3) is 0 Å². The number of hydrogen-bond donors (Lipinski definition) is 1. The van der Waals surface area contributed by atoms with E-state index in [0.717, 1.165) is 15.4 Å². The van der Waals surface area contributed by atoms with Crippen molar-refractivity contribution in [3.05, 3.63) is 65.2 Å². The average molecular weight is 380 g/mol. The fourth-order valence-corrected chi connectivity index (χ4v) is 4.36. The average Bonchev–Trinajstić information content (AvgIpc) is 2.91. The van der Waals surface area contributed by atoms with E-state index >= 15 is 0 Å². The molecule has 0 bridgehead atoms. The Kier molecular flexibility index (Phi) is 4.31. The first kappa shape index (κ1) is 17.5. The van der Waals surface area contributed by atoms with Gasteiger partial charge in [-0.3, -0.25) is 29.4 Å². The Hall–Kier alpha value is -2.93. The lowest BCUT2D eigenvalue weighted by Gasteiger charge is -2.32. The molecule has 0 spiro atoms. The molecule has 6 nitrogen and oxygen atoms in total. The van der Waals surface area contributed by atoms with E-state index in [9.17, 15) is 19.2 Å². The molecule has 2 atom stereocenters. The summed E-state index contributed by atoms with van der Waals surface area (Å²) in [6, 6.07) is 13.2. The third-order valence-electron chi connectivity index (χ3n) is 4.72. The summed E-state index contributed by atoms with van der Waals surface area (Å²) in [5.41, 5.74) is 1.68. The number of fused-ring (bicyclic) bond motifs is 1. The minimum absolute atomic E-state index is 0.0919. The summed E-state index contributed by atoms with van der Waals surface area (Å²) in [7, 11) is 0. The summed E-state index contributed by atoms with van der Waals surface area (Å²) in [4.78, 5) is 51.9. The number of carbonyl (C=O) groups excluding carboxylic acids is 4. The number of imide groups is 2. The fourth-order valence-electron chi connectivity index (χ4n) is 3.30. The standard InChI is InChI=1S/C20H16N2O4S/c1-11-6-8-12(9-7-11)27-16-10-15(17(23)21-18(16)24)22-19(25)13-4-2-3-5-14(13)20(22)26/h2-9,15-16H,10H2,1H3,(H,21,23,24). The maximum Gasteiger partial charge on any atom is 0.262 e. The summed E-state index contributed by atoms with van der Waals surface area (Å²) in [6.07, 6.45) is 0.0919. The summed E-state index contributed by atoms with van der Waals surface area (Å²) < 4.78 is 0. The van der Waals surface area contributed by atoms with E-state index in [1.165, 1.54) is 11.8 Å².